The topological polar surface area (TPSA) is 163 Å². The molecule has 1 unspecified atom stereocenters. The molecule has 0 fully saturated rings. The van der Waals surface area contributed by atoms with Gasteiger partial charge in [0.1, 0.15) is 12.4 Å². The van der Waals surface area contributed by atoms with E-state index >= 15 is 0 Å². The van der Waals surface area contributed by atoms with Crippen molar-refractivity contribution in [3.05, 3.63) is 84.1 Å². The summed E-state index contributed by atoms with van der Waals surface area (Å²) in [5, 5.41) is 0. The van der Waals surface area contributed by atoms with Crippen LogP contribution in [0.15, 0.2) is 77.8 Å². The molecule has 0 saturated carbocycles. The molecule has 4 aromatic rings. The van der Waals surface area contributed by atoms with Gasteiger partial charge in [-0.1, -0.05) is 6.07 Å². The first-order valence-corrected chi connectivity index (χ1v) is 12.5. The maximum absolute atomic E-state index is 11.4. The van der Waals surface area contributed by atoms with Crippen LogP contribution in [0.2, 0.25) is 0 Å². The van der Waals surface area contributed by atoms with E-state index in [2.05, 4.69) is 9.97 Å². The van der Waals surface area contributed by atoms with E-state index in [1.807, 2.05) is 47.4 Å². The van der Waals surface area contributed by atoms with Gasteiger partial charge in [-0.25, -0.2) is 9.19 Å². The molecule has 4 rings (SSSR count). The third-order valence-corrected chi connectivity index (χ3v) is 6.34. The zero-order valence-corrected chi connectivity index (χ0v) is 21.0. The second kappa shape index (κ2) is 11.6. The molecule has 0 amide bonds. The SMILES string of the molecule is COc1ccc(Cc2cnc(N)nc2N)cc1OCCN(c1ccc(N)cc1)c1ccc(S(=O)O)cc1. The lowest BCUT2D eigenvalue weighted by Gasteiger charge is -2.25. The van der Waals surface area contributed by atoms with Gasteiger partial charge in [0.05, 0.1) is 18.6 Å². The van der Waals surface area contributed by atoms with Crippen molar-refractivity contribution in [2.75, 3.05) is 42.4 Å². The van der Waals surface area contributed by atoms with Gasteiger partial charge in [-0.3, -0.25) is 0 Å². The van der Waals surface area contributed by atoms with Gasteiger partial charge in [0.15, 0.2) is 22.6 Å². The molecule has 10 nitrogen and oxygen atoms in total. The Balaban J connectivity index is 1.53. The second-order valence-corrected chi connectivity index (χ2v) is 9.11. The highest BCUT2D eigenvalue weighted by Crippen LogP contribution is 2.31. The summed E-state index contributed by atoms with van der Waals surface area (Å²) >= 11 is -2.05. The lowest BCUT2D eigenvalue weighted by Crippen LogP contribution is -2.23. The van der Waals surface area contributed by atoms with Crippen LogP contribution in [0.5, 0.6) is 11.5 Å². The second-order valence-electron chi connectivity index (χ2n) is 8.14. The molecular formula is C26H28N6O4S. The van der Waals surface area contributed by atoms with E-state index in [-0.39, 0.29) is 5.95 Å². The van der Waals surface area contributed by atoms with E-state index < -0.39 is 11.1 Å². The minimum atomic E-state index is -2.05. The first-order valence-electron chi connectivity index (χ1n) is 11.3. The van der Waals surface area contributed by atoms with Gasteiger partial charge in [0.25, 0.3) is 0 Å². The number of ether oxygens (including phenoxy) is 2. The fourth-order valence-electron chi connectivity index (χ4n) is 3.79. The van der Waals surface area contributed by atoms with E-state index in [0.717, 1.165) is 22.5 Å². The van der Waals surface area contributed by atoms with Crippen molar-refractivity contribution >= 4 is 39.9 Å². The molecule has 192 valence electrons. The zero-order valence-electron chi connectivity index (χ0n) is 20.2. The van der Waals surface area contributed by atoms with Gasteiger partial charge in [0, 0.05) is 35.2 Å². The number of hydrogen-bond donors (Lipinski definition) is 4. The molecule has 0 bridgehead atoms. The lowest BCUT2D eigenvalue weighted by atomic mass is 10.1. The summed E-state index contributed by atoms with van der Waals surface area (Å²) in [6, 6.07) is 19.9. The van der Waals surface area contributed by atoms with Crippen LogP contribution in [0, 0.1) is 0 Å². The Morgan fingerprint density at radius 3 is 2.24 bits per heavy atom. The average molecular weight is 521 g/mol. The van der Waals surface area contributed by atoms with Gasteiger partial charge in [-0.05, 0) is 66.2 Å². The monoisotopic (exact) mass is 520 g/mol. The van der Waals surface area contributed by atoms with Crippen LogP contribution >= 0.6 is 0 Å². The highest BCUT2D eigenvalue weighted by molar-refractivity contribution is 7.79. The number of anilines is 5. The van der Waals surface area contributed by atoms with Crippen LogP contribution in [0.1, 0.15) is 11.1 Å². The normalized spacial score (nSPS) is 11.6. The van der Waals surface area contributed by atoms with Crippen LogP contribution in [0.3, 0.4) is 0 Å². The molecule has 1 atom stereocenters. The fourth-order valence-corrected chi connectivity index (χ4v) is 4.15. The lowest BCUT2D eigenvalue weighted by molar-refractivity contribution is 0.302. The van der Waals surface area contributed by atoms with Crippen molar-refractivity contribution in [3.63, 3.8) is 0 Å². The summed E-state index contributed by atoms with van der Waals surface area (Å²) in [6.45, 7) is 0.808. The summed E-state index contributed by atoms with van der Waals surface area (Å²) in [5.41, 5.74) is 21.6. The molecule has 0 radical (unpaired) electrons. The Morgan fingerprint density at radius 1 is 0.946 bits per heavy atom. The predicted molar refractivity (Wildman–Crippen MR) is 145 cm³/mol. The quantitative estimate of drug-likeness (QED) is 0.179. The molecule has 11 heteroatoms. The number of aromatic nitrogens is 2. The molecule has 0 aliphatic rings. The van der Waals surface area contributed by atoms with Crippen LogP contribution in [-0.2, 0) is 17.5 Å². The van der Waals surface area contributed by atoms with Crippen LogP contribution in [0.4, 0.5) is 28.8 Å². The number of nitrogens with zero attached hydrogens (tertiary/aromatic N) is 3. The van der Waals surface area contributed by atoms with Crippen LogP contribution in [-0.4, -0.2) is 39.0 Å². The number of hydrogen-bond acceptors (Lipinski definition) is 9. The van der Waals surface area contributed by atoms with Gasteiger partial charge in [0.2, 0.25) is 5.95 Å². The third kappa shape index (κ3) is 6.46. The summed E-state index contributed by atoms with van der Waals surface area (Å²) < 4.78 is 32.4. The summed E-state index contributed by atoms with van der Waals surface area (Å²) in [4.78, 5) is 10.4. The van der Waals surface area contributed by atoms with E-state index in [9.17, 15) is 8.76 Å². The highest BCUT2D eigenvalue weighted by atomic mass is 32.2. The Hall–Kier alpha value is -4.35. The minimum absolute atomic E-state index is 0.130. The van der Waals surface area contributed by atoms with Crippen molar-refractivity contribution in [1.29, 1.82) is 0 Å². The van der Waals surface area contributed by atoms with Crippen molar-refractivity contribution in [1.82, 2.24) is 9.97 Å². The van der Waals surface area contributed by atoms with E-state index in [1.165, 1.54) is 0 Å². The number of benzene rings is 3. The minimum Gasteiger partial charge on any atom is -0.493 e. The number of nitrogen functional groups attached to an aromatic ring is 3. The van der Waals surface area contributed by atoms with Gasteiger partial charge < -0.3 is 36.1 Å². The molecule has 0 aliphatic heterocycles. The summed E-state index contributed by atoms with van der Waals surface area (Å²) in [6.07, 6.45) is 2.12. The van der Waals surface area contributed by atoms with Crippen molar-refractivity contribution in [3.8, 4) is 11.5 Å². The molecule has 1 aromatic heterocycles. The molecular weight excluding hydrogens is 492 g/mol. The molecule has 37 heavy (non-hydrogen) atoms. The van der Waals surface area contributed by atoms with Gasteiger partial charge in [-0.2, -0.15) is 4.98 Å². The summed E-state index contributed by atoms with van der Waals surface area (Å²) in [5.74, 6) is 1.64. The molecule has 0 spiro atoms. The van der Waals surface area contributed by atoms with E-state index in [4.69, 9.17) is 26.7 Å². The fraction of sp³-hybridized carbons (Fsp3) is 0.154. The Morgan fingerprint density at radius 2 is 1.62 bits per heavy atom. The van der Waals surface area contributed by atoms with Crippen molar-refractivity contribution in [2.45, 2.75) is 11.3 Å². The summed E-state index contributed by atoms with van der Waals surface area (Å²) in [7, 11) is 1.58. The number of nitrogens with two attached hydrogens (primary N) is 3. The maximum Gasteiger partial charge on any atom is 0.221 e. The zero-order chi connectivity index (χ0) is 26.4. The van der Waals surface area contributed by atoms with Crippen molar-refractivity contribution < 1.29 is 18.2 Å². The highest BCUT2D eigenvalue weighted by Gasteiger charge is 2.13. The molecule has 1 heterocycles. The molecule has 0 saturated heterocycles. The smallest absolute Gasteiger partial charge is 0.221 e. The van der Waals surface area contributed by atoms with E-state index in [0.29, 0.717) is 47.5 Å². The molecule has 0 aliphatic carbocycles. The Bertz CT molecular complexity index is 1380. The largest absolute Gasteiger partial charge is 0.493 e. The predicted octanol–water partition coefficient (Wildman–Crippen LogP) is 3.62. The van der Waals surface area contributed by atoms with Gasteiger partial charge in [-0.15, -0.1) is 0 Å². The van der Waals surface area contributed by atoms with E-state index in [1.54, 1.807) is 37.6 Å². The van der Waals surface area contributed by atoms with Crippen LogP contribution < -0.4 is 31.6 Å². The third-order valence-electron chi connectivity index (χ3n) is 5.67. The Labute approximate surface area is 217 Å². The van der Waals surface area contributed by atoms with Crippen molar-refractivity contribution in [2.24, 2.45) is 0 Å². The Kier molecular flexibility index (Phi) is 8.06. The molecule has 3 aromatic carbocycles. The van der Waals surface area contributed by atoms with Crippen LogP contribution in [0.25, 0.3) is 0 Å². The number of rotatable bonds is 10. The first-order chi connectivity index (χ1) is 17.8. The standard InChI is InChI=1S/C26H28N6O4S/c1-35-23-11-2-17(14-18-16-30-26(29)31-25(18)28)15-24(23)36-13-12-32(20-5-3-19(27)4-6-20)21-7-9-22(10-8-21)37(33)34/h2-11,15-16H,12-14,27H2,1H3,(H,33,34)(H4,28,29,30,31). The molecule has 7 N–H and O–H groups in total. The first kappa shape index (κ1) is 25.7. The van der Waals surface area contributed by atoms with Gasteiger partial charge >= 0.3 is 0 Å². The number of methoxy groups -OCH3 is 1. The maximum atomic E-state index is 11.4. The average Bonchev–Trinajstić information content (AvgIpc) is 2.89.